The van der Waals surface area contributed by atoms with Gasteiger partial charge in [-0.2, -0.15) is 4.31 Å². The molecule has 0 radical (unpaired) electrons. The summed E-state index contributed by atoms with van der Waals surface area (Å²) < 4.78 is 39.4. The lowest BCUT2D eigenvalue weighted by molar-refractivity contribution is -0.122. The van der Waals surface area contributed by atoms with Crippen LogP contribution in [0.3, 0.4) is 0 Å². The van der Waals surface area contributed by atoms with Gasteiger partial charge in [0.25, 0.3) is 0 Å². The van der Waals surface area contributed by atoms with Gasteiger partial charge in [-0.15, -0.1) is 0 Å². The Labute approximate surface area is 160 Å². The number of sulfonamides is 1. The molecular weight excluding hydrogens is 367 g/mol. The van der Waals surface area contributed by atoms with Gasteiger partial charge in [-0.25, -0.2) is 12.8 Å². The van der Waals surface area contributed by atoms with Crippen LogP contribution in [0.4, 0.5) is 4.39 Å². The molecule has 0 spiro atoms. The molecule has 1 amide bonds. The van der Waals surface area contributed by atoms with E-state index in [0.717, 1.165) is 11.1 Å². The zero-order chi connectivity index (χ0) is 20.0. The predicted molar refractivity (Wildman–Crippen MR) is 103 cm³/mol. The molecule has 0 aromatic heterocycles. The summed E-state index contributed by atoms with van der Waals surface area (Å²) in [5, 5.41) is 2.77. The van der Waals surface area contributed by atoms with Crippen LogP contribution >= 0.6 is 0 Å². The van der Waals surface area contributed by atoms with E-state index < -0.39 is 15.9 Å². The largest absolute Gasteiger partial charge is 0.354 e. The molecule has 0 heterocycles. The number of amides is 1. The van der Waals surface area contributed by atoms with E-state index in [4.69, 9.17) is 0 Å². The highest BCUT2D eigenvalue weighted by Crippen LogP contribution is 2.20. The Kier molecular flexibility index (Phi) is 7.10. The summed E-state index contributed by atoms with van der Waals surface area (Å²) in [4.78, 5) is 12.6. The fourth-order valence-corrected chi connectivity index (χ4v) is 3.91. The number of aryl methyl sites for hydroxylation is 1. The van der Waals surface area contributed by atoms with Crippen molar-refractivity contribution in [1.29, 1.82) is 0 Å². The second-order valence-electron chi connectivity index (χ2n) is 6.44. The fraction of sp³-hybridized carbons (Fsp3) is 0.350. The molecule has 2 rings (SSSR count). The molecule has 0 saturated carbocycles. The van der Waals surface area contributed by atoms with E-state index in [2.05, 4.69) is 5.32 Å². The Morgan fingerprint density at radius 3 is 2.26 bits per heavy atom. The third-order valence-corrected chi connectivity index (χ3v) is 6.32. The maximum atomic E-state index is 13.1. The molecule has 0 bridgehead atoms. The summed E-state index contributed by atoms with van der Waals surface area (Å²) in [7, 11) is -2.11. The minimum absolute atomic E-state index is 0.155. The van der Waals surface area contributed by atoms with Crippen molar-refractivity contribution in [3.63, 3.8) is 0 Å². The van der Waals surface area contributed by atoms with Gasteiger partial charge in [0, 0.05) is 20.1 Å². The van der Waals surface area contributed by atoms with Crippen LogP contribution in [0.15, 0.2) is 53.4 Å². The average Bonchev–Trinajstić information content (AvgIpc) is 2.64. The quantitative estimate of drug-likeness (QED) is 0.751. The highest BCUT2D eigenvalue weighted by molar-refractivity contribution is 7.89. The zero-order valence-corrected chi connectivity index (χ0v) is 16.6. The highest BCUT2D eigenvalue weighted by Gasteiger charge is 2.22. The molecule has 0 saturated heterocycles. The van der Waals surface area contributed by atoms with Crippen molar-refractivity contribution in [2.75, 3.05) is 20.1 Å². The molecule has 0 aliphatic rings. The molecule has 1 N–H and O–H groups in total. The highest BCUT2D eigenvalue weighted by atomic mass is 32.2. The number of carbonyl (C=O) groups excluding carboxylic acids is 1. The number of nitrogens with one attached hydrogen (secondary N) is 1. The van der Waals surface area contributed by atoms with Crippen LogP contribution in [-0.4, -0.2) is 38.8 Å². The van der Waals surface area contributed by atoms with Crippen LogP contribution in [0.2, 0.25) is 0 Å². The number of benzene rings is 2. The van der Waals surface area contributed by atoms with Gasteiger partial charge in [0.05, 0.1) is 10.8 Å². The van der Waals surface area contributed by atoms with Gasteiger partial charge in [-0.3, -0.25) is 4.79 Å². The Balaban J connectivity index is 1.94. The van der Waals surface area contributed by atoms with E-state index in [1.807, 2.05) is 13.8 Å². The summed E-state index contributed by atoms with van der Waals surface area (Å²) in [5.41, 5.74) is 1.72. The minimum atomic E-state index is -3.60. The molecule has 0 aliphatic carbocycles. The standard InChI is InChI=1S/C20H25FN2O3S/c1-4-19(16-7-9-17(21)10-8-16)20(24)22-13-14-23(3)27(25,26)18-11-5-15(2)6-12-18/h5-12,19H,4,13-14H2,1-3H3,(H,22,24). The summed E-state index contributed by atoms with van der Waals surface area (Å²) in [6.07, 6.45) is 0.564. The Hall–Kier alpha value is -2.25. The maximum absolute atomic E-state index is 13.1. The first-order valence-corrected chi connectivity index (χ1v) is 10.3. The Morgan fingerprint density at radius 1 is 1.11 bits per heavy atom. The van der Waals surface area contributed by atoms with E-state index >= 15 is 0 Å². The van der Waals surface area contributed by atoms with Gasteiger partial charge in [-0.1, -0.05) is 36.8 Å². The summed E-state index contributed by atoms with van der Waals surface area (Å²) >= 11 is 0. The Bertz CT molecular complexity index is 865. The molecule has 2 aromatic rings. The Morgan fingerprint density at radius 2 is 1.70 bits per heavy atom. The number of carbonyl (C=O) groups is 1. The lowest BCUT2D eigenvalue weighted by Gasteiger charge is -2.19. The van der Waals surface area contributed by atoms with Crippen LogP contribution in [0, 0.1) is 12.7 Å². The van der Waals surface area contributed by atoms with Crippen molar-refractivity contribution in [1.82, 2.24) is 9.62 Å². The van der Waals surface area contributed by atoms with Crippen LogP contribution in [0.25, 0.3) is 0 Å². The van der Waals surface area contributed by atoms with Gasteiger partial charge in [0.1, 0.15) is 5.82 Å². The predicted octanol–water partition coefficient (Wildman–Crippen LogP) is 3.06. The molecule has 1 atom stereocenters. The first-order chi connectivity index (χ1) is 12.8. The molecular formula is C20H25FN2O3S. The smallest absolute Gasteiger partial charge is 0.242 e. The summed E-state index contributed by atoms with van der Waals surface area (Å²) in [5.74, 6) is -0.952. The summed E-state index contributed by atoms with van der Waals surface area (Å²) in [6, 6.07) is 12.5. The van der Waals surface area contributed by atoms with Crippen molar-refractivity contribution in [2.24, 2.45) is 0 Å². The second-order valence-corrected chi connectivity index (χ2v) is 8.49. The molecule has 5 nitrogen and oxygen atoms in total. The minimum Gasteiger partial charge on any atom is -0.354 e. The third kappa shape index (κ3) is 5.37. The molecule has 27 heavy (non-hydrogen) atoms. The van der Waals surface area contributed by atoms with Gasteiger partial charge in [0.15, 0.2) is 0 Å². The molecule has 0 fully saturated rings. The van der Waals surface area contributed by atoms with Crippen LogP contribution in [0.1, 0.15) is 30.4 Å². The van der Waals surface area contributed by atoms with Crippen LogP contribution in [-0.2, 0) is 14.8 Å². The van der Waals surface area contributed by atoms with Crippen molar-refractivity contribution >= 4 is 15.9 Å². The maximum Gasteiger partial charge on any atom is 0.242 e. The van der Waals surface area contributed by atoms with Gasteiger partial charge < -0.3 is 5.32 Å². The monoisotopic (exact) mass is 392 g/mol. The van der Waals surface area contributed by atoms with Gasteiger partial charge in [0.2, 0.25) is 15.9 Å². The lowest BCUT2D eigenvalue weighted by atomic mass is 9.95. The fourth-order valence-electron chi connectivity index (χ4n) is 2.74. The SMILES string of the molecule is CCC(C(=O)NCCN(C)S(=O)(=O)c1ccc(C)cc1)c1ccc(F)cc1. The number of hydrogen-bond donors (Lipinski definition) is 1. The van der Waals surface area contributed by atoms with E-state index in [1.165, 1.54) is 23.5 Å². The number of likely N-dealkylation sites (N-methyl/N-ethyl adjacent to an activating group) is 1. The number of hydrogen-bond acceptors (Lipinski definition) is 3. The first kappa shape index (κ1) is 21.1. The molecule has 1 unspecified atom stereocenters. The van der Waals surface area contributed by atoms with Crippen molar-refractivity contribution in [3.8, 4) is 0 Å². The van der Waals surface area contributed by atoms with E-state index in [9.17, 15) is 17.6 Å². The van der Waals surface area contributed by atoms with Crippen LogP contribution < -0.4 is 5.32 Å². The van der Waals surface area contributed by atoms with Gasteiger partial charge >= 0.3 is 0 Å². The van der Waals surface area contributed by atoms with Crippen molar-refractivity contribution in [2.45, 2.75) is 31.1 Å². The zero-order valence-electron chi connectivity index (χ0n) is 15.8. The number of rotatable bonds is 8. The molecule has 146 valence electrons. The number of nitrogens with zero attached hydrogens (tertiary/aromatic N) is 1. The van der Waals surface area contributed by atoms with Crippen molar-refractivity contribution < 1.29 is 17.6 Å². The first-order valence-electron chi connectivity index (χ1n) is 8.82. The number of halogens is 1. The lowest BCUT2D eigenvalue weighted by Crippen LogP contribution is -2.38. The van der Waals surface area contributed by atoms with E-state index in [-0.39, 0.29) is 29.7 Å². The van der Waals surface area contributed by atoms with Crippen molar-refractivity contribution in [3.05, 3.63) is 65.5 Å². The second kappa shape index (κ2) is 9.10. The van der Waals surface area contributed by atoms with E-state index in [1.54, 1.807) is 36.4 Å². The molecule has 0 aliphatic heterocycles. The topological polar surface area (TPSA) is 66.5 Å². The van der Waals surface area contributed by atoms with Crippen LogP contribution in [0.5, 0.6) is 0 Å². The van der Waals surface area contributed by atoms with Gasteiger partial charge in [-0.05, 0) is 43.2 Å². The third-order valence-electron chi connectivity index (χ3n) is 4.45. The normalized spacial score (nSPS) is 12.8. The molecule has 7 heteroatoms. The average molecular weight is 392 g/mol. The summed E-state index contributed by atoms with van der Waals surface area (Å²) in [6.45, 7) is 4.11. The van der Waals surface area contributed by atoms with E-state index in [0.29, 0.717) is 6.42 Å². The molecule has 2 aromatic carbocycles.